The Morgan fingerprint density at radius 1 is 1.43 bits per heavy atom. The van der Waals surface area contributed by atoms with Crippen molar-refractivity contribution in [2.24, 2.45) is 0 Å². The molecule has 8 heteroatoms. The Morgan fingerprint density at radius 2 is 2.19 bits per heavy atom. The van der Waals surface area contributed by atoms with E-state index in [4.69, 9.17) is 21.1 Å². The summed E-state index contributed by atoms with van der Waals surface area (Å²) in [7, 11) is 3.01. The molecule has 0 unspecified atom stereocenters. The molecular formula is C13H11BrClN3O3. The van der Waals surface area contributed by atoms with Crippen molar-refractivity contribution < 1.29 is 14.3 Å². The van der Waals surface area contributed by atoms with Crippen LogP contribution in [0.3, 0.4) is 0 Å². The van der Waals surface area contributed by atoms with E-state index in [0.717, 1.165) is 0 Å². The van der Waals surface area contributed by atoms with Crippen molar-refractivity contribution in [2.75, 3.05) is 14.2 Å². The van der Waals surface area contributed by atoms with Crippen LogP contribution in [0.1, 0.15) is 10.4 Å². The molecule has 2 rings (SSSR count). The number of amides is 1. The van der Waals surface area contributed by atoms with E-state index in [1.54, 1.807) is 18.2 Å². The van der Waals surface area contributed by atoms with Crippen molar-refractivity contribution in [3.63, 3.8) is 0 Å². The van der Waals surface area contributed by atoms with Crippen LogP contribution in [0.5, 0.6) is 17.4 Å². The number of benzene rings is 1. The summed E-state index contributed by atoms with van der Waals surface area (Å²) in [4.78, 5) is 19.7. The average Bonchev–Trinajstić information content (AvgIpc) is 2.50. The monoisotopic (exact) mass is 371 g/mol. The molecule has 1 heterocycles. The van der Waals surface area contributed by atoms with Crippen LogP contribution >= 0.6 is 27.5 Å². The molecule has 1 aromatic heterocycles. The average molecular weight is 373 g/mol. The molecule has 1 aromatic carbocycles. The maximum absolute atomic E-state index is 11.9. The van der Waals surface area contributed by atoms with Gasteiger partial charge in [0.2, 0.25) is 11.2 Å². The molecule has 6 nitrogen and oxygen atoms in total. The highest BCUT2D eigenvalue weighted by Crippen LogP contribution is 2.36. The third-order valence-electron chi connectivity index (χ3n) is 2.55. The van der Waals surface area contributed by atoms with E-state index in [9.17, 15) is 4.79 Å². The number of nitrogens with zero attached hydrogens (tertiary/aromatic N) is 2. The predicted octanol–water partition coefficient (Wildman–Crippen LogP) is 3.05. The molecule has 0 atom stereocenters. The third-order valence-corrected chi connectivity index (χ3v) is 3.28. The molecule has 0 spiro atoms. The van der Waals surface area contributed by atoms with Crippen molar-refractivity contribution in [1.29, 1.82) is 0 Å². The van der Waals surface area contributed by atoms with Gasteiger partial charge >= 0.3 is 0 Å². The molecule has 0 saturated carbocycles. The van der Waals surface area contributed by atoms with Crippen LogP contribution in [0.2, 0.25) is 5.28 Å². The fourth-order valence-electron chi connectivity index (χ4n) is 1.59. The maximum Gasteiger partial charge on any atom is 0.254 e. The molecule has 0 aliphatic carbocycles. The molecule has 1 amide bonds. The molecule has 0 aliphatic heterocycles. The summed E-state index contributed by atoms with van der Waals surface area (Å²) in [5.41, 5.74) is 0.318. The van der Waals surface area contributed by atoms with Crippen molar-refractivity contribution in [1.82, 2.24) is 15.3 Å². The summed E-state index contributed by atoms with van der Waals surface area (Å²) < 4.78 is 11.4. The van der Waals surface area contributed by atoms with Gasteiger partial charge in [-0.05, 0) is 39.7 Å². The van der Waals surface area contributed by atoms with Gasteiger partial charge in [-0.1, -0.05) is 6.07 Å². The topological polar surface area (TPSA) is 73.3 Å². The Hall–Kier alpha value is -1.86. The van der Waals surface area contributed by atoms with Gasteiger partial charge in [-0.15, -0.1) is 0 Å². The zero-order valence-corrected chi connectivity index (χ0v) is 13.5. The standard InChI is InChI=1S/C13H11BrClN3O3/c1-16-11(19)7-4-3-5-9(20-2)10(7)21-12-8(14)6-17-13(15)18-12/h3-6H,1-2H3,(H,16,19). The number of hydrogen-bond acceptors (Lipinski definition) is 5. The minimum atomic E-state index is -0.305. The van der Waals surface area contributed by atoms with Gasteiger partial charge in [-0.25, -0.2) is 4.98 Å². The summed E-state index contributed by atoms with van der Waals surface area (Å²) in [5.74, 6) is 0.525. The number of carbonyl (C=O) groups is 1. The summed E-state index contributed by atoms with van der Waals surface area (Å²) in [6.07, 6.45) is 1.46. The Kier molecular flexibility index (Phi) is 4.98. The van der Waals surface area contributed by atoms with Crippen molar-refractivity contribution in [3.8, 4) is 17.4 Å². The number of nitrogens with one attached hydrogen (secondary N) is 1. The van der Waals surface area contributed by atoms with Crippen LogP contribution in [-0.2, 0) is 0 Å². The van der Waals surface area contributed by atoms with Gasteiger partial charge in [0.1, 0.15) is 0 Å². The highest BCUT2D eigenvalue weighted by Gasteiger charge is 2.19. The number of ether oxygens (including phenoxy) is 2. The second kappa shape index (κ2) is 6.73. The summed E-state index contributed by atoms with van der Waals surface area (Å²) in [6, 6.07) is 4.99. The Balaban J connectivity index is 2.51. The van der Waals surface area contributed by atoms with E-state index < -0.39 is 0 Å². The number of para-hydroxylation sites is 1. The van der Waals surface area contributed by atoms with Crippen LogP contribution in [0.15, 0.2) is 28.9 Å². The second-order valence-electron chi connectivity index (χ2n) is 3.81. The van der Waals surface area contributed by atoms with Crippen LogP contribution in [0, 0.1) is 0 Å². The SMILES string of the molecule is CNC(=O)c1cccc(OC)c1Oc1nc(Cl)ncc1Br. The Bertz CT molecular complexity index is 682. The summed E-state index contributed by atoms with van der Waals surface area (Å²) >= 11 is 9.02. The lowest BCUT2D eigenvalue weighted by Gasteiger charge is -2.14. The van der Waals surface area contributed by atoms with Crippen molar-refractivity contribution >= 4 is 33.4 Å². The predicted molar refractivity (Wildman–Crippen MR) is 81.2 cm³/mol. The first-order valence-corrected chi connectivity index (χ1v) is 6.99. The van der Waals surface area contributed by atoms with Crippen molar-refractivity contribution in [2.45, 2.75) is 0 Å². The first-order chi connectivity index (χ1) is 10.1. The maximum atomic E-state index is 11.9. The molecule has 1 N–H and O–H groups in total. The van der Waals surface area contributed by atoms with E-state index in [-0.39, 0.29) is 22.8 Å². The first-order valence-electron chi connectivity index (χ1n) is 5.81. The van der Waals surface area contributed by atoms with E-state index in [2.05, 4.69) is 31.2 Å². The molecular weight excluding hydrogens is 362 g/mol. The van der Waals surface area contributed by atoms with Gasteiger partial charge in [0.15, 0.2) is 11.5 Å². The lowest BCUT2D eigenvalue weighted by atomic mass is 10.1. The third kappa shape index (κ3) is 3.43. The number of halogens is 2. The number of aromatic nitrogens is 2. The molecule has 0 aliphatic rings. The summed E-state index contributed by atoms with van der Waals surface area (Å²) in [6.45, 7) is 0. The Labute approximate surface area is 134 Å². The number of rotatable bonds is 4. The van der Waals surface area contributed by atoms with Gasteiger partial charge in [-0.2, -0.15) is 4.98 Å². The zero-order valence-electron chi connectivity index (χ0n) is 11.2. The Morgan fingerprint density at radius 3 is 2.86 bits per heavy atom. The number of hydrogen-bond donors (Lipinski definition) is 1. The highest BCUT2D eigenvalue weighted by molar-refractivity contribution is 9.10. The van der Waals surface area contributed by atoms with E-state index in [0.29, 0.717) is 15.8 Å². The van der Waals surface area contributed by atoms with Crippen LogP contribution in [0.25, 0.3) is 0 Å². The largest absolute Gasteiger partial charge is 0.493 e. The first kappa shape index (κ1) is 15.5. The van der Waals surface area contributed by atoms with E-state index in [1.807, 2.05) is 0 Å². The van der Waals surface area contributed by atoms with Crippen molar-refractivity contribution in [3.05, 3.63) is 39.7 Å². The van der Waals surface area contributed by atoms with Crippen LogP contribution < -0.4 is 14.8 Å². The van der Waals surface area contributed by atoms with E-state index >= 15 is 0 Å². The molecule has 2 aromatic rings. The lowest BCUT2D eigenvalue weighted by molar-refractivity contribution is 0.0960. The zero-order chi connectivity index (χ0) is 15.4. The van der Waals surface area contributed by atoms with Crippen LogP contribution in [-0.4, -0.2) is 30.0 Å². The van der Waals surface area contributed by atoms with Gasteiger partial charge < -0.3 is 14.8 Å². The second-order valence-corrected chi connectivity index (χ2v) is 5.00. The fourth-order valence-corrected chi connectivity index (χ4v) is 1.99. The molecule has 0 fully saturated rings. The molecule has 110 valence electrons. The van der Waals surface area contributed by atoms with Gasteiger partial charge in [-0.3, -0.25) is 4.79 Å². The lowest BCUT2D eigenvalue weighted by Crippen LogP contribution is -2.18. The normalized spacial score (nSPS) is 10.1. The van der Waals surface area contributed by atoms with Gasteiger partial charge in [0.05, 0.1) is 17.1 Å². The van der Waals surface area contributed by atoms with Gasteiger partial charge in [0.25, 0.3) is 5.91 Å². The smallest absolute Gasteiger partial charge is 0.254 e. The minimum absolute atomic E-state index is 0.0320. The number of methoxy groups -OCH3 is 1. The highest BCUT2D eigenvalue weighted by atomic mass is 79.9. The molecule has 21 heavy (non-hydrogen) atoms. The van der Waals surface area contributed by atoms with E-state index in [1.165, 1.54) is 20.4 Å². The van der Waals surface area contributed by atoms with Gasteiger partial charge in [0, 0.05) is 13.2 Å². The molecule has 0 saturated heterocycles. The summed E-state index contributed by atoms with van der Waals surface area (Å²) in [5, 5.41) is 2.57. The molecule has 0 radical (unpaired) electrons. The fraction of sp³-hybridized carbons (Fsp3) is 0.154. The van der Waals surface area contributed by atoms with Crippen LogP contribution in [0.4, 0.5) is 0 Å². The minimum Gasteiger partial charge on any atom is -0.493 e. The number of carbonyl (C=O) groups excluding carboxylic acids is 1. The molecule has 0 bridgehead atoms. The quantitative estimate of drug-likeness (QED) is 0.835.